The summed E-state index contributed by atoms with van der Waals surface area (Å²) in [6.07, 6.45) is 3.69. The molecular weight excluding hydrogens is 266 g/mol. The van der Waals surface area contributed by atoms with E-state index in [0.29, 0.717) is 17.3 Å². The van der Waals surface area contributed by atoms with Crippen molar-refractivity contribution in [3.8, 4) is 6.07 Å². The van der Waals surface area contributed by atoms with E-state index in [1.54, 1.807) is 11.3 Å². The van der Waals surface area contributed by atoms with Crippen molar-refractivity contribution in [3.05, 3.63) is 20.8 Å². The molecule has 0 saturated carbocycles. The number of thioether (sulfide) groups is 1. The minimum absolute atomic E-state index is 0.0288. The van der Waals surface area contributed by atoms with Crippen LogP contribution in [0.1, 0.15) is 23.3 Å². The molecule has 0 fully saturated rings. The van der Waals surface area contributed by atoms with Gasteiger partial charge in [0.05, 0.1) is 11.5 Å². The Bertz CT molecular complexity index is 696. The first-order valence-corrected chi connectivity index (χ1v) is 7.64. The summed E-state index contributed by atoms with van der Waals surface area (Å²) in [5.41, 5.74) is 1.18. The predicted octanol–water partition coefficient (Wildman–Crippen LogP) is 2.48. The Hall–Kier alpha value is -1.32. The van der Waals surface area contributed by atoms with Crippen LogP contribution >= 0.6 is 23.1 Å². The van der Waals surface area contributed by atoms with Gasteiger partial charge in [0.2, 0.25) is 0 Å². The minimum Gasteiger partial charge on any atom is -0.301 e. The van der Waals surface area contributed by atoms with Gasteiger partial charge in [0, 0.05) is 17.1 Å². The first-order chi connectivity index (χ1) is 8.79. The molecule has 0 atom stereocenters. The van der Waals surface area contributed by atoms with Crippen LogP contribution in [0.15, 0.2) is 9.95 Å². The molecular formula is C12H11N3OS2. The molecule has 1 aliphatic rings. The molecule has 4 nitrogen and oxygen atoms in total. The molecule has 6 heteroatoms. The smallest absolute Gasteiger partial charge is 0.260 e. The quantitative estimate of drug-likeness (QED) is 0.531. The number of nitrogens with zero attached hydrogens (tertiary/aromatic N) is 2. The highest BCUT2D eigenvalue weighted by Crippen LogP contribution is 2.34. The fourth-order valence-corrected chi connectivity index (χ4v) is 4.27. The van der Waals surface area contributed by atoms with Gasteiger partial charge in [0.25, 0.3) is 5.56 Å². The number of H-pyrrole nitrogens is 1. The summed E-state index contributed by atoms with van der Waals surface area (Å²) in [5, 5.41) is 9.91. The highest BCUT2D eigenvalue weighted by Gasteiger charge is 2.20. The Morgan fingerprint density at radius 3 is 3.22 bits per heavy atom. The fraction of sp³-hybridized carbons (Fsp3) is 0.417. The summed E-state index contributed by atoms with van der Waals surface area (Å²) in [5.74, 6) is 0.663. The molecule has 0 unspecified atom stereocenters. The monoisotopic (exact) mass is 277 g/mol. The Kier molecular flexibility index (Phi) is 3.10. The molecule has 0 aromatic carbocycles. The highest BCUT2D eigenvalue weighted by molar-refractivity contribution is 7.99. The maximum Gasteiger partial charge on any atom is 0.260 e. The Morgan fingerprint density at radius 1 is 1.50 bits per heavy atom. The van der Waals surface area contributed by atoms with Gasteiger partial charge < -0.3 is 4.98 Å². The van der Waals surface area contributed by atoms with Crippen LogP contribution in [0.4, 0.5) is 0 Å². The van der Waals surface area contributed by atoms with Crippen molar-refractivity contribution >= 4 is 33.3 Å². The lowest BCUT2D eigenvalue weighted by atomic mass is 10.2. The van der Waals surface area contributed by atoms with E-state index in [2.05, 4.69) is 16.0 Å². The molecule has 92 valence electrons. The first kappa shape index (κ1) is 11.8. The molecule has 2 aromatic heterocycles. The number of thiophene rings is 1. The molecule has 18 heavy (non-hydrogen) atoms. The maximum atomic E-state index is 12.1. The zero-order valence-electron chi connectivity index (χ0n) is 9.65. The van der Waals surface area contributed by atoms with Gasteiger partial charge >= 0.3 is 0 Å². The van der Waals surface area contributed by atoms with E-state index in [9.17, 15) is 4.79 Å². The van der Waals surface area contributed by atoms with Crippen LogP contribution < -0.4 is 5.56 Å². The van der Waals surface area contributed by atoms with Crippen molar-refractivity contribution in [3.63, 3.8) is 0 Å². The summed E-state index contributed by atoms with van der Waals surface area (Å²) in [4.78, 5) is 21.6. The van der Waals surface area contributed by atoms with E-state index in [0.717, 1.165) is 29.5 Å². The molecule has 1 N–H and O–H groups in total. The lowest BCUT2D eigenvalue weighted by molar-refractivity contribution is 0.914. The number of nitriles is 1. The van der Waals surface area contributed by atoms with E-state index >= 15 is 0 Å². The minimum atomic E-state index is -0.0288. The number of nitrogens with one attached hydrogen (secondary N) is 1. The predicted molar refractivity (Wildman–Crippen MR) is 73.2 cm³/mol. The van der Waals surface area contributed by atoms with Crippen molar-refractivity contribution < 1.29 is 0 Å². The standard InChI is InChI=1S/C12H11N3OS2/c13-5-2-6-17-12-14-10(16)9-7-3-1-4-8(7)18-11(9)15-12/h1-4,6H2,(H,14,15,16). The van der Waals surface area contributed by atoms with E-state index in [-0.39, 0.29) is 5.56 Å². The van der Waals surface area contributed by atoms with Gasteiger partial charge in [0.15, 0.2) is 5.16 Å². The molecule has 1 aliphatic carbocycles. The second kappa shape index (κ2) is 4.75. The van der Waals surface area contributed by atoms with Crippen LogP contribution in [0.5, 0.6) is 0 Å². The zero-order chi connectivity index (χ0) is 12.5. The van der Waals surface area contributed by atoms with Crippen LogP contribution in [0, 0.1) is 11.3 Å². The third-order valence-corrected chi connectivity index (χ3v) is 5.07. The van der Waals surface area contributed by atoms with E-state index in [1.807, 2.05) is 0 Å². The zero-order valence-corrected chi connectivity index (χ0v) is 11.3. The topological polar surface area (TPSA) is 69.5 Å². The molecule has 2 aromatic rings. The summed E-state index contributed by atoms with van der Waals surface area (Å²) in [6.45, 7) is 0. The van der Waals surface area contributed by atoms with Crippen LogP contribution in [0.3, 0.4) is 0 Å². The molecule has 0 bridgehead atoms. The summed E-state index contributed by atoms with van der Waals surface area (Å²) in [7, 11) is 0. The van der Waals surface area contributed by atoms with Crippen LogP contribution in [-0.2, 0) is 12.8 Å². The number of rotatable bonds is 3. The number of fused-ring (bicyclic) bond motifs is 3. The van der Waals surface area contributed by atoms with Gasteiger partial charge in [0.1, 0.15) is 4.83 Å². The normalized spacial score (nSPS) is 13.7. The van der Waals surface area contributed by atoms with Gasteiger partial charge in [-0.05, 0) is 24.8 Å². The third kappa shape index (κ3) is 1.93. The van der Waals surface area contributed by atoms with Gasteiger partial charge in [-0.1, -0.05) is 11.8 Å². The summed E-state index contributed by atoms with van der Waals surface area (Å²) in [6, 6.07) is 2.08. The average molecular weight is 277 g/mol. The lowest BCUT2D eigenvalue weighted by Gasteiger charge is -1.99. The van der Waals surface area contributed by atoms with E-state index < -0.39 is 0 Å². The number of hydrogen-bond acceptors (Lipinski definition) is 5. The molecule has 0 saturated heterocycles. The Balaban J connectivity index is 2.02. The molecule has 2 heterocycles. The van der Waals surface area contributed by atoms with Crippen molar-refractivity contribution in [1.29, 1.82) is 5.26 Å². The third-order valence-electron chi connectivity index (χ3n) is 3.01. The largest absolute Gasteiger partial charge is 0.301 e. The van der Waals surface area contributed by atoms with Gasteiger partial charge in [-0.25, -0.2) is 4.98 Å². The lowest BCUT2D eigenvalue weighted by Crippen LogP contribution is -2.09. The average Bonchev–Trinajstić information content (AvgIpc) is 2.88. The Morgan fingerprint density at radius 2 is 2.39 bits per heavy atom. The first-order valence-electron chi connectivity index (χ1n) is 5.84. The SMILES string of the molecule is N#CCCSc1nc2sc3c(c2c(=O)[nH]1)CCC3. The van der Waals surface area contributed by atoms with Crippen molar-refractivity contribution in [1.82, 2.24) is 9.97 Å². The van der Waals surface area contributed by atoms with Crippen molar-refractivity contribution in [2.24, 2.45) is 0 Å². The number of aryl methyl sites for hydroxylation is 2. The van der Waals surface area contributed by atoms with Crippen molar-refractivity contribution in [2.75, 3.05) is 5.75 Å². The maximum absolute atomic E-state index is 12.1. The van der Waals surface area contributed by atoms with Gasteiger partial charge in [-0.2, -0.15) is 5.26 Å². The molecule has 0 radical (unpaired) electrons. The van der Waals surface area contributed by atoms with Crippen molar-refractivity contribution in [2.45, 2.75) is 30.8 Å². The summed E-state index contributed by atoms with van der Waals surface area (Å²) < 4.78 is 0. The fourth-order valence-electron chi connectivity index (χ4n) is 2.24. The van der Waals surface area contributed by atoms with Crippen LogP contribution in [0.2, 0.25) is 0 Å². The molecule has 0 aliphatic heterocycles. The number of hydrogen-bond donors (Lipinski definition) is 1. The van der Waals surface area contributed by atoms with Gasteiger partial charge in [-0.15, -0.1) is 11.3 Å². The van der Waals surface area contributed by atoms with Gasteiger partial charge in [-0.3, -0.25) is 4.79 Å². The molecule has 0 amide bonds. The molecule has 3 rings (SSSR count). The van der Waals surface area contributed by atoms with E-state index in [4.69, 9.17) is 5.26 Å². The van der Waals surface area contributed by atoms with Crippen LogP contribution in [0.25, 0.3) is 10.2 Å². The summed E-state index contributed by atoms with van der Waals surface area (Å²) >= 11 is 3.08. The Labute approximate surface area is 112 Å². The van der Waals surface area contributed by atoms with E-state index in [1.165, 1.54) is 22.2 Å². The number of aromatic nitrogens is 2. The second-order valence-electron chi connectivity index (χ2n) is 4.17. The number of aromatic amines is 1. The highest BCUT2D eigenvalue weighted by atomic mass is 32.2. The van der Waals surface area contributed by atoms with Crippen LogP contribution in [-0.4, -0.2) is 15.7 Å². The second-order valence-corrected chi connectivity index (χ2v) is 6.33. The molecule has 0 spiro atoms.